The van der Waals surface area contributed by atoms with Gasteiger partial charge in [0.1, 0.15) is 5.82 Å². The third kappa shape index (κ3) is 5.10. The predicted octanol–water partition coefficient (Wildman–Crippen LogP) is 4.23. The second kappa shape index (κ2) is 8.73. The van der Waals surface area contributed by atoms with E-state index in [1.807, 2.05) is 24.3 Å². The number of rotatable bonds is 6. The number of para-hydroxylation sites is 1. The molecule has 1 aromatic heterocycles. The van der Waals surface area contributed by atoms with Crippen molar-refractivity contribution >= 4 is 27.5 Å². The monoisotopic (exact) mass is 429 g/mol. The molecule has 7 heteroatoms. The number of carbonyl (C=O) groups is 1. The number of anilines is 1. The number of aromatic nitrogens is 2. The molecule has 0 atom stereocenters. The van der Waals surface area contributed by atoms with Crippen molar-refractivity contribution < 1.29 is 9.18 Å². The maximum absolute atomic E-state index is 13.5. The summed E-state index contributed by atoms with van der Waals surface area (Å²) in [4.78, 5) is 24.0. The number of halogens is 2. The highest BCUT2D eigenvalue weighted by atomic mass is 79.9. The van der Waals surface area contributed by atoms with Gasteiger partial charge in [-0.05, 0) is 36.8 Å². The molecule has 0 bridgehead atoms. The topological polar surface area (TPSA) is 64.0 Å². The Hall–Kier alpha value is -2.80. The number of nitrogens with one attached hydrogen (secondary N) is 1. The van der Waals surface area contributed by atoms with E-state index < -0.39 is 5.82 Å². The van der Waals surface area contributed by atoms with E-state index in [1.165, 1.54) is 22.9 Å². The molecular weight excluding hydrogens is 413 g/mol. The van der Waals surface area contributed by atoms with Crippen LogP contribution in [0.5, 0.6) is 0 Å². The molecule has 0 aliphatic carbocycles. The van der Waals surface area contributed by atoms with Crippen molar-refractivity contribution in [3.63, 3.8) is 0 Å². The van der Waals surface area contributed by atoms with Crippen LogP contribution in [0.1, 0.15) is 12.8 Å². The Labute approximate surface area is 164 Å². The lowest BCUT2D eigenvalue weighted by Crippen LogP contribution is -2.23. The lowest BCUT2D eigenvalue weighted by molar-refractivity contribution is -0.116. The Bertz CT molecular complexity index is 1000. The fourth-order valence-electron chi connectivity index (χ4n) is 2.55. The molecule has 27 heavy (non-hydrogen) atoms. The van der Waals surface area contributed by atoms with Crippen LogP contribution < -0.4 is 10.9 Å². The largest absolute Gasteiger partial charge is 0.324 e. The van der Waals surface area contributed by atoms with Crippen molar-refractivity contribution in [2.45, 2.75) is 19.4 Å². The molecule has 0 spiro atoms. The SMILES string of the molecule is O=C(CCCn1nc(-c2ccc(Br)cc2)ccc1=O)Nc1ccccc1F. The fourth-order valence-corrected chi connectivity index (χ4v) is 2.81. The quantitative estimate of drug-likeness (QED) is 0.637. The summed E-state index contributed by atoms with van der Waals surface area (Å²) in [5.74, 6) is -0.789. The first kappa shape index (κ1) is 19.0. The molecule has 138 valence electrons. The lowest BCUT2D eigenvalue weighted by Gasteiger charge is -2.08. The van der Waals surface area contributed by atoms with Gasteiger partial charge in [-0.25, -0.2) is 9.07 Å². The van der Waals surface area contributed by atoms with Gasteiger partial charge in [0.25, 0.3) is 5.56 Å². The molecule has 5 nitrogen and oxygen atoms in total. The van der Waals surface area contributed by atoms with Crippen molar-refractivity contribution in [1.29, 1.82) is 0 Å². The van der Waals surface area contributed by atoms with E-state index >= 15 is 0 Å². The van der Waals surface area contributed by atoms with Crippen molar-refractivity contribution in [3.05, 3.63) is 81.3 Å². The number of carbonyl (C=O) groups excluding carboxylic acids is 1. The molecule has 0 saturated carbocycles. The Morgan fingerprint density at radius 1 is 1.07 bits per heavy atom. The minimum Gasteiger partial charge on any atom is -0.324 e. The van der Waals surface area contributed by atoms with Crippen molar-refractivity contribution in [1.82, 2.24) is 9.78 Å². The molecule has 0 fully saturated rings. The van der Waals surface area contributed by atoms with Crippen LogP contribution in [0.4, 0.5) is 10.1 Å². The Morgan fingerprint density at radius 3 is 2.56 bits per heavy atom. The predicted molar refractivity (Wildman–Crippen MR) is 106 cm³/mol. The minimum absolute atomic E-state index is 0.148. The first-order chi connectivity index (χ1) is 13.0. The highest BCUT2D eigenvalue weighted by Crippen LogP contribution is 2.19. The first-order valence-electron chi connectivity index (χ1n) is 8.41. The van der Waals surface area contributed by atoms with Gasteiger partial charge in [-0.3, -0.25) is 9.59 Å². The maximum atomic E-state index is 13.5. The number of aryl methyl sites for hydroxylation is 1. The molecule has 0 aliphatic rings. The molecular formula is C20H17BrFN3O2. The van der Waals surface area contributed by atoms with Crippen LogP contribution >= 0.6 is 15.9 Å². The summed E-state index contributed by atoms with van der Waals surface area (Å²) in [7, 11) is 0. The van der Waals surface area contributed by atoms with Gasteiger partial charge in [-0.15, -0.1) is 0 Å². The average molecular weight is 430 g/mol. The van der Waals surface area contributed by atoms with Crippen LogP contribution in [0, 0.1) is 5.82 Å². The third-order valence-corrected chi connectivity index (χ3v) is 4.46. The van der Waals surface area contributed by atoms with E-state index in [4.69, 9.17) is 0 Å². The average Bonchev–Trinajstić information content (AvgIpc) is 2.66. The highest BCUT2D eigenvalue weighted by Gasteiger charge is 2.08. The number of hydrogen-bond donors (Lipinski definition) is 1. The van der Waals surface area contributed by atoms with Gasteiger partial charge in [0.2, 0.25) is 5.91 Å². The highest BCUT2D eigenvalue weighted by molar-refractivity contribution is 9.10. The van der Waals surface area contributed by atoms with Crippen LogP contribution in [-0.2, 0) is 11.3 Å². The molecule has 0 saturated heterocycles. The smallest absolute Gasteiger partial charge is 0.266 e. The van der Waals surface area contributed by atoms with E-state index in [0.717, 1.165) is 10.0 Å². The van der Waals surface area contributed by atoms with Crippen LogP contribution in [0.25, 0.3) is 11.3 Å². The first-order valence-corrected chi connectivity index (χ1v) is 9.21. The maximum Gasteiger partial charge on any atom is 0.266 e. The minimum atomic E-state index is -0.481. The van der Waals surface area contributed by atoms with Crippen LogP contribution in [0.3, 0.4) is 0 Å². The van der Waals surface area contributed by atoms with Gasteiger partial charge >= 0.3 is 0 Å². The van der Waals surface area contributed by atoms with Crippen molar-refractivity contribution in [2.24, 2.45) is 0 Å². The molecule has 0 unspecified atom stereocenters. The standard InChI is InChI=1S/C20H17BrFN3O2/c21-15-9-7-14(8-10-15)17-11-12-20(27)25(24-17)13-3-6-19(26)23-18-5-2-1-4-16(18)22/h1-2,4-5,7-12H,3,6,13H2,(H,23,26). The number of amides is 1. The van der Waals surface area contributed by atoms with Crippen LogP contribution in [-0.4, -0.2) is 15.7 Å². The van der Waals surface area contributed by atoms with Gasteiger partial charge in [-0.1, -0.05) is 40.2 Å². The normalized spacial score (nSPS) is 10.6. The molecule has 0 aliphatic heterocycles. The second-order valence-electron chi connectivity index (χ2n) is 5.92. The molecule has 1 heterocycles. The summed E-state index contributed by atoms with van der Waals surface area (Å²) in [6.45, 7) is 0.299. The Balaban J connectivity index is 1.61. The summed E-state index contributed by atoms with van der Waals surface area (Å²) in [6.07, 6.45) is 0.571. The van der Waals surface area contributed by atoms with E-state index in [9.17, 15) is 14.0 Å². The molecule has 3 aromatic rings. The van der Waals surface area contributed by atoms with Crippen LogP contribution in [0.2, 0.25) is 0 Å². The lowest BCUT2D eigenvalue weighted by atomic mass is 10.1. The third-order valence-electron chi connectivity index (χ3n) is 3.93. The number of hydrogen-bond acceptors (Lipinski definition) is 3. The zero-order valence-corrected chi connectivity index (χ0v) is 15.9. The second-order valence-corrected chi connectivity index (χ2v) is 6.83. The van der Waals surface area contributed by atoms with E-state index in [1.54, 1.807) is 18.2 Å². The Kier molecular flexibility index (Phi) is 6.13. The number of benzene rings is 2. The summed E-state index contributed by atoms with van der Waals surface area (Å²) < 4.78 is 15.8. The van der Waals surface area contributed by atoms with E-state index in [0.29, 0.717) is 18.7 Å². The molecule has 1 amide bonds. The summed E-state index contributed by atoms with van der Waals surface area (Å²) >= 11 is 3.38. The Morgan fingerprint density at radius 2 is 1.81 bits per heavy atom. The zero-order chi connectivity index (χ0) is 19.2. The zero-order valence-electron chi connectivity index (χ0n) is 14.4. The molecule has 2 aromatic carbocycles. The number of nitrogens with zero attached hydrogens (tertiary/aromatic N) is 2. The molecule has 3 rings (SSSR count). The van der Waals surface area contributed by atoms with Gasteiger partial charge in [0.15, 0.2) is 0 Å². The summed E-state index contributed by atoms with van der Waals surface area (Å²) in [6, 6.07) is 16.7. The van der Waals surface area contributed by atoms with Crippen molar-refractivity contribution in [2.75, 3.05) is 5.32 Å². The molecule has 0 radical (unpaired) electrons. The van der Waals surface area contributed by atoms with Gasteiger partial charge in [0.05, 0.1) is 11.4 Å². The molecule has 1 N–H and O–H groups in total. The van der Waals surface area contributed by atoms with Gasteiger partial charge in [-0.2, -0.15) is 5.10 Å². The summed E-state index contributed by atoms with van der Waals surface area (Å²) in [5.41, 5.74) is 1.49. The van der Waals surface area contributed by atoms with E-state index in [2.05, 4.69) is 26.3 Å². The van der Waals surface area contributed by atoms with Gasteiger partial charge < -0.3 is 5.32 Å². The fraction of sp³-hybridized carbons (Fsp3) is 0.150. The summed E-state index contributed by atoms with van der Waals surface area (Å²) in [5, 5.41) is 6.89. The van der Waals surface area contributed by atoms with E-state index in [-0.39, 0.29) is 23.6 Å². The van der Waals surface area contributed by atoms with Crippen molar-refractivity contribution in [3.8, 4) is 11.3 Å². The van der Waals surface area contributed by atoms with Crippen LogP contribution in [0.15, 0.2) is 69.9 Å². The van der Waals surface area contributed by atoms with Gasteiger partial charge in [0, 0.05) is 29.1 Å².